The first kappa shape index (κ1) is 10.7. The molecule has 1 aromatic rings. The highest BCUT2D eigenvalue weighted by Crippen LogP contribution is 2.04. The predicted molar refractivity (Wildman–Crippen MR) is 60.9 cm³/mol. The van der Waals surface area contributed by atoms with Gasteiger partial charge in [-0.1, -0.05) is 0 Å². The third-order valence-corrected chi connectivity index (χ3v) is 2.95. The monoisotopic (exact) mass is 208 g/mol. The second-order valence-electron chi connectivity index (χ2n) is 4.16. The van der Waals surface area contributed by atoms with Crippen molar-refractivity contribution in [1.82, 2.24) is 10.6 Å². The van der Waals surface area contributed by atoms with E-state index in [0.717, 1.165) is 44.3 Å². The molecule has 0 saturated carbocycles. The van der Waals surface area contributed by atoms with Gasteiger partial charge in [0, 0.05) is 12.5 Å². The van der Waals surface area contributed by atoms with Gasteiger partial charge < -0.3 is 15.1 Å². The Kier molecular flexibility index (Phi) is 4.23. The van der Waals surface area contributed by atoms with Crippen molar-refractivity contribution in [1.29, 1.82) is 0 Å². The Morgan fingerprint density at radius 2 is 2.27 bits per heavy atom. The van der Waals surface area contributed by atoms with Crippen LogP contribution < -0.4 is 10.6 Å². The fourth-order valence-electron chi connectivity index (χ4n) is 2.05. The average Bonchev–Trinajstić information content (AvgIpc) is 2.79. The highest BCUT2D eigenvalue weighted by Gasteiger charge is 2.11. The van der Waals surface area contributed by atoms with Gasteiger partial charge in [0.15, 0.2) is 0 Å². The van der Waals surface area contributed by atoms with E-state index in [1.165, 1.54) is 12.8 Å². The highest BCUT2D eigenvalue weighted by atomic mass is 16.3. The lowest BCUT2D eigenvalue weighted by atomic mass is 10.1. The third kappa shape index (κ3) is 3.68. The largest absolute Gasteiger partial charge is 0.469 e. The van der Waals surface area contributed by atoms with Crippen LogP contribution in [0, 0.1) is 0 Å². The second kappa shape index (κ2) is 5.93. The molecule has 0 amide bonds. The fourth-order valence-corrected chi connectivity index (χ4v) is 2.05. The SMILES string of the molecule is c1coc(CCCNC2CCNCC2)c1. The number of piperidine rings is 1. The molecule has 0 unspecified atom stereocenters. The Morgan fingerprint density at radius 3 is 3.00 bits per heavy atom. The first-order chi connectivity index (χ1) is 7.45. The molecule has 15 heavy (non-hydrogen) atoms. The van der Waals surface area contributed by atoms with Crippen LogP contribution in [0.4, 0.5) is 0 Å². The van der Waals surface area contributed by atoms with Crippen molar-refractivity contribution in [2.24, 2.45) is 0 Å². The van der Waals surface area contributed by atoms with E-state index in [0.29, 0.717) is 0 Å². The summed E-state index contributed by atoms with van der Waals surface area (Å²) >= 11 is 0. The lowest BCUT2D eigenvalue weighted by molar-refractivity contribution is 0.383. The summed E-state index contributed by atoms with van der Waals surface area (Å²) in [6.07, 6.45) is 6.49. The van der Waals surface area contributed by atoms with E-state index in [2.05, 4.69) is 10.6 Å². The maximum absolute atomic E-state index is 5.29. The molecule has 1 aliphatic heterocycles. The molecule has 3 heteroatoms. The van der Waals surface area contributed by atoms with E-state index in [4.69, 9.17) is 4.42 Å². The smallest absolute Gasteiger partial charge is 0.103 e. The quantitative estimate of drug-likeness (QED) is 0.721. The predicted octanol–water partition coefficient (Wildman–Crippen LogP) is 1.55. The minimum Gasteiger partial charge on any atom is -0.469 e. The van der Waals surface area contributed by atoms with Gasteiger partial charge in [0.2, 0.25) is 0 Å². The van der Waals surface area contributed by atoms with E-state index >= 15 is 0 Å². The van der Waals surface area contributed by atoms with Crippen molar-refractivity contribution in [3.63, 3.8) is 0 Å². The minimum absolute atomic E-state index is 0.725. The topological polar surface area (TPSA) is 37.2 Å². The Balaban J connectivity index is 1.54. The molecule has 1 saturated heterocycles. The van der Waals surface area contributed by atoms with Crippen LogP contribution in [-0.2, 0) is 6.42 Å². The minimum atomic E-state index is 0.725. The molecule has 0 aromatic carbocycles. The zero-order valence-electron chi connectivity index (χ0n) is 9.17. The van der Waals surface area contributed by atoms with Crippen LogP contribution in [0.5, 0.6) is 0 Å². The summed E-state index contributed by atoms with van der Waals surface area (Å²) in [5.41, 5.74) is 0. The molecule has 2 rings (SSSR count). The van der Waals surface area contributed by atoms with Gasteiger partial charge in [-0.15, -0.1) is 0 Å². The molecule has 2 N–H and O–H groups in total. The number of hydrogen-bond donors (Lipinski definition) is 2. The Morgan fingerprint density at radius 1 is 1.40 bits per heavy atom. The second-order valence-corrected chi connectivity index (χ2v) is 4.16. The van der Waals surface area contributed by atoms with Gasteiger partial charge in [-0.2, -0.15) is 0 Å². The summed E-state index contributed by atoms with van der Waals surface area (Å²) < 4.78 is 5.29. The number of hydrogen-bond acceptors (Lipinski definition) is 3. The molecule has 1 fully saturated rings. The fraction of sp³-hybridized carbons (Fsp3) is 0.667. The highest BCUT2D eigenvalue weighted by molar-refractivity contribution is 4.97. The number of furan rings is 1. The molecule has 0 bridgehead atoms. The molecule has 0 aliphatic carbocycles. The van der Waals surface area contributed by atoms with Crippen molar-refractivity contribution in [3.05, 3.63) is 24.2 Å². The van der Waals surface area contributed by atoms with Crippen LogP contribution in [0.25, 0.3) is 0 Å². The standard InChI is InChI=1S/C12H20N2O/c1(3-12-4-2-10-15-12)7-14-11-5-8-13-9-6-11/h2,4,10-11,13-14H,1,3,5-9H2. The van der Waals surface area contributed by atoms with Gasteiger partial charge in [-0.05, 0) is 51.0 Å². The summed E-state index contributed by atoms with van der Waals surface area (Å²) in [7, 11) is 0. The number of nitrogens with one attached hydrogen (secondary N) is 2. The molecular weight excluding hydrogens is 188 g/mol. The van der Waals surface area contributed by atoms with E-state index in [-0.39, 0.29) is 0 Å². The molecule has 0 spiro atoms. The summed E-state index contributed by atoms with van der Waals surface area (Å²) in [4.78, 5) is 0. The molecule has 0 radical (unpaired) electrons. The zero-order valence-corrected chi connectivity index (χ0v) is 9.17. The number of aryl methyl sites for hydroxylation is 1. The zero-order chi connectivity index (χ0) is 10.3. The molecule has 3 nitrogen and oxygen atoms in total. The average molecular weight is 208 g/mol. The Bertz CT molecular complexity index is 253. The van der Waals surface area contributed by atoms with Crippen molar-refractivity contribution in [2.45, 2.75) is 31.7 Å². The molecule has 84 valence electrons. The maximum Gasteiger partial charge on any atom is 0.103 e. The first-order valence-electron chi connectivity index (χ1n) is 5.91. The van der Waals surface area contributed by atoms with Crippen molar-refractivity contribution < 1.29 is 4.42 Å². The van der Waals surface area contributed by atoms with Gasteiger partial charge in [0.25, 0.3) is 0 Å². The summed E-state index contributed by atoms with van der Waals surface area (Å²) in [5, 5.41) is 6.97. The molecule has 2 heterocycles. The molecule has 1 aliphatic rings. The molecule has 0 atom stereocenters. The summed E-state index contributed by atoms with van der Waals surface area (Å²) in [6.45, 7) is 3.43. The van der Waals surface area contributed by atoms with Crippen LogP contribution >= 0.6 is 0 Å². The number of rotatable bonds is 5. The molecular formula is C12H20N2O. The van der Waals surface area contributed by atoms with Gasteiger partial charge in [-0.25, -0.2) is 0 Å². The van der Waals surface area contributed by atoms with E-state index in [1.807, 2.05) is 12.1 Å². The van der Waals surface area contributed by atoms with Gasteiger partial charge >= 0.3 is 0 Å². The van der Waals surface area contributed by atoms with Crippen LogP contribution in [0.1, 0.15) is 25.0 Å². The van der Waals surface area contributed by atoms with Gasteiger partial charge in [0.1, 0.15) is 5.76 Å². The first-order valence-corrected chi connectivity index (χ1v) is 5.91. The molecule has 1 aromatic heterocycles. The van der Waals surface area contributed by atoms with Crippen molar-refractivity contribution in [3.8, 4) is 0 Å². The van der Waals surface area contributed by atoms with Crippen LogP contribution in [0.2, 0.25) is 0 Å². The van der Waals surface area contributed by atoms with E-state index in [9.17, 15) is 0 Å². The normalized spacial score (nSPS) is 18.1. The summed E-state index contributed by atoms with van der Waals surface area (Å²) in [5.74, 6) is 1.10. The van der Waals surface area contributed by atoms with Gasteiger partial charge in [-0.3, -0.25) is 0 Å². The van der Waals surface area contributed by atoms with E-state index in [1.54, 1.807) is 6.26 Å². The van der Waals surface area contributed by atoms with Crippen LogP contribution in [0.15, 0.2) is 22.8 Å². The Labute approximate surface area is 91.2 Å². The van der Waals surface area contributed by atoms with E-state index < -0.39 is 0 Å². The van der Waals surface area contributed by atoms with Crippen LogP contribution in [-0.4, -0.2) is 25.7 Å². The lowest BCUT2D eigenvalue weighted by Crippen LogP contribution is -2.40. The van der Waals surface area contributed by atoms with Gasteiger partial charge in [0.05, 0.1) is 6.26 Å². The Hall–Kier alpha value is -0.800. The lowest BCUT2D eigenvalue weighted by Gasteiger charge is -2.23. The summed E-state index contributed by atoms with van der Waals surface area (Å²) in [6, 6.07) is 4.72. The maximum atomic E-state index is 5.29. The van der Waals surface area contributed by atoms with Crippen LogP contribution in [0.3, 0.4) is 0 Å². The van der Waals surface area contributed by atoms with Crippen molar-refractivity contribution in [2.75, 3.05) is 19.6 Å². The third-order valence-electron chi connectivity index (χ3n) is 2.95. The van der Waals surface area contributed by atoms with Crippen molar-refractivity contribution >= 4 is 0 Å².